The maximum Gasteiger partial charge on any atom is 0.242 e. The van der Waals surface area contributed by atoms with Gasteiger partial charge in [-0.05, 0) is 36.2 Å². The molecule has 1 amide bonds. The largest absolute Gasteiger partial charge is 0.486 e. The smallest absolute Gasteiger partial charge is 0.242 e. The summed E-state index contributed by atoms with van der Waals surface area (Å²) in [5.74, 6) is 1.17. The Labute approximate surface area is 158 Å². The first-order valence-corrected chi connectivity index (χ1v) is 10.0. The van der Waals surface area contributed by atoms with Crippen LogP contribution in [0.25, 0.3) is 0 Å². The van der Waals surface area contributed by atoms with Crippen molar-refractivity contribution in [3.8, 4) is 11.5 Å². The van der Waals surface area contributed by atoms with Gasteiger partial charge >= 0.3 is 0 Å². The van der Waals surface area contributed by atoms with Crippen LogP contribution < -0.4 is 14.8 Å². The van der Waals surface area contributed by atoms with Crippen molar-refractivity contribution in [1.29, 1.82) is 0 Å². The van der Waals surface area contributed by atoms with Gasteiger partial charge in [-0.25, -0.2) is 12.7 Å². The zero-order chi connectivity index (χ0) is 19.4. The summed E-state index contributed by atoms with van der Waals surface area (Å²) in [5.41, 5.74) is 1.54. The van der Waals surface area contributed by atoms with Gasteiger partial charge in [0.15, 0.2) is 11.5 Å². The fourth-order valence-electron chi connectivity index (χ4n) is 2.64. The number of ether oxygens (including phenoxy) is 2. The number of hydrogen-bond acceptors (Lipinski definition) is 5. The highest BCUT2D eigenvalue weighted by Crippen LogP contribution is 2.32. The first-order chi connectivity index (χ1) is 12.9. The van der Waals surface area contributed by atoms with Crippen LogP contribution in [0.5, 0.6) is 11.5 Å². The minimum Gasteiger partial charge on any atom is -0.486 e. The molecule has 1 aliphatic heterocycles. The summed E-state index contributed by atoms with van der Waals surface area (Å²) in [5, 5.41) is 2.84. The van der Waals surface area contributed by atoms with Gasteiger partial charge in [-0.1, -0.05) is 12.1 Å². The van der Waals surface area contributed by atoms with Crippen LogP contribution in [0.1, 0.15) is 12.0 Å². The normalized spacial score (nSPS) is 13.4. The summed E-state index contributed by atoms with van der Waals surface area (Å²) in [6.07, 6.45) is 0.799. The van der Waals surface area contributed by atoms with Gasteiger partial charge in [0.1, 0.15) is 13.2 Å². The molecule has 0 aliphatic carbocycles. The molecule has 1 N–H and O–H groups in total. The zero-order valence-electron chi connectivity index (χ0n) is 15.3. The van der Waals surface area contributed by atoms with Crippen molar-refractivity contribution in [2.45, 2.75) is 17.7 Å². The molecule has 3 rings (SSSR count). The fraction of sp³-hybridized carbons (Fsp3) is 0.316. The van der Waals surface area contributed by atoms with E-state index in [0.717, 1.165) is 5.56 Å². The highest BCUT2D eigenvalue weighted by molar-refractivity contribution is 7.89. The topological polar surface area (TPSA) is 84.9 Å². The van der Waals surface area contributed by atoms with Crippen molar-refractivity contribution in [3.05, 3.63) is 48.0 Å². The standard InChI is InChI=1S/C19H22N2O5S/c1-21(2)27(23,24)16-7-3-14(4-8-16)5-10-19(22)20-15-6-9-17-18(13-15)26-12-11-25-17/h3-4,6-9,13H,5,10-12H2,1-2H3,(H,20,22). The molecule has 0 fully saturated rings. The quantitative estimate of drug-likeness (QED) is 0.818. The van der Waals surface area contributed by atoms with Crippen LogP contribution in [0.3, 0.4) is 0 Å². The van der Waals surface area contributed by atoms with Crippen LogP contribution in [0.15, 0.2) is 47.4 Å². The fourth-order valence-corrected chi connectivity index (χ4v) is 3.54. The molecular weight excluding hydrogens is 368 g/mol. The highest BCUT2D eigenvalue weighted by Gasteiger charge is 2.17. The second kappa shape index (κ2) is 7.98. The lowest BCUT2D eigenvalue weighted by Crippen LogP contribution is -2.22. The van der Waals surface area contributed by atoms with Gasteiger partial charge < -0.3 is 14.8 Å². The zero-order valence-corrected chi connectivity index (χ0v) is 16.1. The molecule has 0 atom stereocenters. The van der Waals surface area contributed by atoms with E-state index in [2.05, 4.69) is 5.32 Å². The number of fused-ring (bicyclic) bond motifs is 1. The summed E-state index contributed by atoms with van der Waals surface area (Å²) in [7, 11) is -0.458. The Morgan fingerprint density at radius 2 is 1.70 bits per heavy atom. The average Bonchev–Trinajstić information content (AvgIpc) is 2.66. The summed E-state index contributed by atoms with van der Waals surface area (Å²) in [6.45, 7) is 1.01. The molecular formula is C19H22N2O5S. The number of benzene rings is 2. The number of sulfonamides is 1. The van der Waals surface area contributed by atoms with Crippen LogP contribution >= 0.6 is 0 Å². The molecule has 27 heavy (non-hydrogen) atoms. The molecule has 0 saturated heterocycles. The number of carbonyl (C=O) groups excluding carboxylic acids is 1. The van der Waals surface area contributed by atoms with E-state index < -0.39 is 10.0 Å². The SMILES string of the molecule is CN(C)S(=O)(=O)c1ccc(CCC(=O)Nc2ccc3c(c2)OCCO3)cc1. The number of nitrogens with zero attached hydrogens (tertiary/aromatic N) is 1. The number of hydrogen-bond donors (Lipinski definition) is 1. The van der Waals surface area contributed by atoms with Gasteiger partial charge in [-0.2, -0.15) is 0 Å². The van der Waals surface area contributed by atoms with Gasteiger partial charge in [-0.15, -0.1) is 0 Å². The van der Waals surface area contributed by atoms with Crippen LogP contribution in [0.4, 0.5) is 5.69 Å². The molecule has 0 spiro atoms. The molecule has 8 heteroatoms. The third kappa shape index (κ3) is 4.58. The Morgan fingerprint density at radius 3 is 2.37 bits per heavy atom. The van der Waals surface area contributed by atoms with Crippen molar-refractivity contribution < 1.29 is 22.7 Å². The Hall–Kier alpha value is -2.58. The Bertz CT molecular complexity index is 924. The van der Waals surface area contributed by atoms with Crippen LogP contribution in [0.2, 0.25) is 0 Å². The molecule has 2 aromatic rings. The Morgan fingerprint density at radius 1 is 1.04 bits per heavy atom. The number of aryl methyl sites for hydroxylation is 1. The number of nitrogens with one attached hydrogen (secondary N) is 1. The molecule has 0 bridgehead atoms. The summed E-state index contributed by atoms with van der Waals surface area (Å²) in [4.78, 5) is 12.4. The van der Waals surface area contributed by atoms with E-state index in [1.807, 2.05) is 0 Å². The summed E-state index contributed by atoms with van der Waals surface area (Å²) >= 11 is 0. The van der Waals surface area contributed by atoms with E-state index >= 15 is 0 Å². The average molecular weight is 390 g/mol. The Kier molecular flexibility index (Phi) is 5.67. The molecule has 7 nitrogen and oxygen atoms in total. The number of rotatable bonds is 6. The molecule has 0 saturated carbocycles. The van der Waals surface area contributed by atoms with Crippen LogP contribution in [-0.2, 0) is 21.2 Å². The Balaban J connectivity index is 1.56. The minimum atomic E-state index is -3.44. The van der Waals surface area contributed by atoms with Crippen LogP contribution in [-0.4, -0.2) is 45.9 Å². The third-order valence-corrected chi connectivity index (χ3v) is 6.00. The van der Waals surface area contributed by atoms with Gasteiger partial charge in [0.2, 0.25) is 15.9 Å². The number of anilines is 1. The highest BCUT2D eigenvalue weighted by atomic mass is 32.2. The monoisotopic (exact) mass is 390 g/mol. The van der Waals surface area contributed by atoms with E-state index in [-0.39, 0.29) is 17.2 Å². The molecule has 0 unspecified atom stereocenters. The first-order valence-electron chi connectivity index (χ1n) is 8.57. The van der Waals surface area contributed by atoms with E-state index in [4.69, 9.17) is 9.47 Å². The van der Waals surface area contributed by atoms with E-state index in [1.54, 1.807) is 42.5 Å². The van der Waals surface area contributed by atoms with Crippen molar-refractivity contribution in [3.63, 3.8) is 0 Å². The van der Waals surface area contributed by atoms with Crippen molar-refractivity contribution >= 4 is 21.6 Å². The van der Waals surface area contributed by atoms with Crippen LogP contribution in [0, 0.1) is 0 Å². The summed E-state index contributed by atoms with van der Waals surface area (Å²) < 4.78 is 36.2. The molecule has 1 heterocycles. The minimum absolute atomic E-state index is 0.128. The maximum atomic E-state index is 12.2. The lowest BCUT2D eigenvalue weighted by molar-refractivity contribution is -0.116. The maximum absolute atomic E-state index is 12.2. The third-order valence-electron chi connectivity index (χ3n) is 4.17. The summed E-state index contributed by atoms with van der Waals surface area (Å²) in [6, 6.07) is 11.9. The predicted octanol–water partition coefficient (Wildman–Crippen LogP) is 2.28. The van der Waals surface area contributed by atoms with Crippen molar-refractivity contribution in [2.24, 2.45) is 0 Å². The predicted molar refractivity (Wildman–Crippen MR) is 102 cm³/mol. The van der Waals surface area contributed by atoms with Gasteiger partial charge in [-0.3, -0.25) is 4.79 Å². The number of amides is 1. The van der Waals surface area contributed by atoms with E-state index in [0.29, 0.717) is 36.8 Å². The molecule has 1 aliphatic rings. The van der Waals surface area contributed by atoms with Gasteiger partial charge in [0.05, 0.1) is 4.90 Å². The molecule has 2 aromatic carbocycles. The second-order valence-electron chi connectivity index (χ2n) is 6.34. The van der Waals surface area contributed by atoms with Crippen molar-refractivity contribution in [2.75, 3.05) is 32.6 Å². The molecule has 144 valence electrons. The van der Waals surface area contributed by atoms with Crippen molar-refractivity contribution in [1.82, 2.24) is 4.31 Å². The van der Waals surface area contributed by atoms with E-state index in [9.17, 15) is 13.2 Å². The second-order valence-corrected chi connectivity index (χ2v) is 8.49. The first kappa shape index (κ1) is 19.2. The van der Waals surface area contributed by atoms with Gasteiger partial charge in [0.25, 0.3) is 0 Å². The lowest BCUT2D eigenvalue weighted by atomic mass is 10.1. The van der Waals surface area contributed by atoms with E-state index in [1.165, 1.54) is 18.4 Å². The number of carbonyl (C=O) groups is 1. The van der Waals surface area contributed by atoms with Gasteiger partial charge in [0, 0.05) is 32.3 Å². The molecule has 0 radical (unpaired) electrons. The lowest BCUT2D eigenvalue weighted by Gasteiger charge is -2.19. The molecule has 0 aromatic heterocycles.